The molecule has 0 spiro atoms. The van der Waals surface area contributed by atoms with Crippen LogP contribution >= 0.6 is 11.6 Å². The molecule has 0 amide bonds. The Kier molecular flexibility index (Phi) is 2.21. The molecule has 3 nitrogen and oxygen atoms in total. The number of aldehydes is 1. The average molecular weight is 235 g/mol. The molecule has 0 bridgehead atoms. The monoisotopic (exact) mass is 234 g/mol. The number of imidazole rings is 1. The first kappa shape index (κ1) is 9.85. The molecule has 0 atom stereocenters. The topological polar surface area (TPSA) is 34.9 Å². The minimum Gasteiger partial charge on any atom is -0.327 e. The van der Waals surface area contributed by atoms with Crippen molar-refractivity contribution in [2.24, 2.45) is 0 Å². The zero-order chi connectivity index (χ0) is 11.1. The van der Waals surface area contributed by atoms with Crippen molar-refractivity contribution in [3.63, 3.8) is 0 Å². The number of fused-ring (bicyclic) bond motifs is 1. The number of benzene rings is 1. The molecule has 1 aromatic heterocycles. The van der Waals surface area contributed by atoms with Gasteiger partial charge in [-0.2, -0.15) is 0 Å². The van der Waals surface area contributed by atoms with Gasteiger partial charge < -0.3 is 9.36 Å². The van der Waals surface area contributed by atoms with Crippen LogP contribution in [0.5, 0.6) is 0 Å². The van der Waals surface area contributed by atoms with Crippen LogP contribution in [0.15, 0.2) is 18.5 Å². The molecule has 0 unspecified atom stereocenters. The molecule has 2 aromatic rings. The van der Waals surface area contributed by atoms with Crippen molar-refractivity contribution in [1.29, 1.82) is 0 Å². The molecule has 0 radical (unpaired) electrons. The lowest BCUT2D eigenvalue weighted by atomic mass is 10.1. The van der Waals surface area contributed by atoms with E-state index in [0.29, 0.717) is 17.5 Å². The first-order chi connectivity index (χ1) is 7.79. The highest BCUT2D eigenvalue weighted by molar-refractivity contribution is 6.32. The summed E-state index contributed by atoms with van der Waals surface area (Å²) < 4.78 is 2.17. The number of hydrogen-bond acceptors (Lipinski definition) is 2. The van der Waals surface area contributed by atoms with Gasteiger partial charge in [-0.25, -0.2) is 4.98 Å². The number of nitrogens with zero attached hydrogens (tertiary/aromatic N) is 2. The van der Waals surface area contributed by atoms with E-state index in [1.165, 1.54) is 12.8 Å². The summed E-state index contributed by atoms with van der Waals surface area (Å²) in [6.45, 7) is 0. The van der Waals surface area contributed by atoms with Gasteiger partial charge in [0.15, 0.2) is 0 Å². The highest BCUT2D eigenvalue weighted by Crippen LogP contribution is 2.37. The van der Waals surface area contributed by atoms with Crippen LogP contribution in [0.3, 0.4) is 0 Å². The second-order valence-corrected chi connectivity index (χ2v) is 4.59. The zero-order valence-electron chi connectivity index (χ0n) is 8.69. The molecule has 1 saturated carbocycles. The molecule has 0 aliphatic heterocycles. The Morgan fingerprint density at radius 3 is 3.00 bits per heavy atom. The summed E-state index contributed by atoms with van der Waals surface area (Å²) in [6.07, 6.45) is 5.53. The van der Waals surface area contributed by atoms with Gasteiger partial charge in [-0.05, 0) is 30.5 Å². The van der Waals surface area contributed by atoms with Crippen LogP contribution in [-0.2, 0) is 11.2 Å². The molecular formula is C12H11ClN2O. The van der Waals surface area contributed by atoms with Crippen molar-refractivity contribution < 1.29 is 4.79 Å². The second-order valence-electron chi connectivity index (χ2n) is 4.19. The summed E-state index contributed by atoms with van der Waals surface area (Å²) in [6, 6.07) is 4.42. The van der Waals surface area contributed by atoms with E-state index >= 15 is 0 Å². The first-order valence-electron chi connectivity index (χ1n) is 5.38. The normalized spacial score (nSPS) is 15.6. The zero-order valence-corrected chi connectivity index (χ0v) is 9.44. The van der Waals surface area contributed by atoms with Crippen molar-refractivity contribution in [2.75, 3.05) is 0 Å². The van der Waals surface area contributed by atoms with Gasteiger partial charge in [-0.15, -0.1) is 0 Å². The van der Waals surface area contributed by atoms with Crippen molar-refractivity contribution >= 4 is 28.9 Å². The van der Waals surface area contributed by atoms with E-state index in [0.717, 1.165) is 22.9 Å². The van der Waals surface area contributed by atoms with Gasteiger partial charge in [0.2, 0.25) is 0 Å². The fraction of sp³-hybridized carbons (Fsp3) is 0.333. The van der Waals surface area contributed by atoms with E-state index in [9.17, 15) is 4.79 Å². The van der Waals surface area contributed by atoms with Crippen LogP contribution in [-0.4, -0.2) is 15.8 Å². The largest absolute Gasteiger partial charge is 0.327 e. The third kappa shape index (κ3) is 1.52. The van der Waals surface area contributed by atoms with Crippen molar-refractivity contribution in [2.45, 2.75) is 25.3 Å². The van der Waals surface area contributed by atoms with Gasteiger partial charge in [-0.1, -0.05) is 11.6 Å². The minimum absolute atomic E-state index is 0.352. The van der Waals surface area contributed by atoms with Crippen molar-refractivity contribution in [3.05, 3.63) is 29.0 Å². The number of halogens is 1. The fourth-order valence-corrected chi connectivity index (χ4v) is 2.22. The van der Waals surface area contributed by atoms with E-state index in [1.54, 1.807) is 0 Å². The molecule has 0 N–H and O–H groups in total. The third-order valence-corrected chi connectivity index (χ3v) is 3.34. The van der Waals surface area contributed by atoms with Gasteiger partial charge in [0.25, 0.3) is 0 Å². The third-order valence-electron chi connectivity index (χ3n) is 2.99. The number of hydrogen-bond donors (Lipinski definition) is 0. The standard InChI is InChI=1S/C12H11ClN2O/c13-10-6-12-11(5-8(10)3-4-16)14-7-15(12)9-1-2-9/h4-7,9H,1-3H2. The Morgan fingerprint density at radius 2 is 2.31 bits per heavy atom. The maximum atomic E-state index is 10.5. The molecule has 1 aliphatic carbocycles. The SMILES string of the molecule is O=CCc1cc2ncn(C3CC3)c2cc1Cl. The number of carbonyl (C=O) groups excluding carboxylic acids is 1. The van der Waals surface area contributed by atoms with E-state index < -0.39 is 0 Å². The molecule has 82 valence electrons. The molecule has 16 heavy (non-hydrogen) atoms. The molecule has 4 heteroatoms. The van der Waals surface area contributed by atoms with Gasteiger partial charge in [-0.3, -0.25) is 0 Å². The quantitative estimate of drug-likeness (QED) is 0.766. The smallest absolute Gasteiger partial charge is 0.124 e. The maximum absolute atomic E-state index is 10.5. The van der Waals surface area contributed by atoms with Crippen LogP contribution in [0.25, 0.3) is 11.0 Å². The summed E-state index contributed by atoms with van der Waals surface area (Å²) >= 11 is 6.14. The lowest BCUT2D eigenvalue weighted by Crippen LogP contribution is -1.92. The van der Waals surface area contributed by atoms with Crippen LogP contribution in [0.2, 0.25) is 5.02 Å². The summed E-state index contributed by atoms with van der Waals surface area (Å²) in [5.74, 6) is 0. The Balaban J connectivity index is 2.15. The lowest BCUT2D eigenvalue weighted by molar-refractivity contribution is -0.107. The van der Waals surface area contributed by atoms with Crippen molar-refractivity contribution in [1.82, 2.24) is 9.55 Å². The lowest BCUT2D eigenvalue weighted by Gasteiger charge is -2.03. The van der Waals surface area contributed by atoms with Gasteiger partial charge >= 0.3 is 0 Å². The van der Waals surface area contributed by atoms with E-state index in [2.05, 4.69) is 9.55 Å². The van der Waals surface area contributed by atoms with E-state index in [4.69, 9.17) is 11.6 Å². The van der Waals surface area contributed by atoms with Crippen LogP contribution in [0, 0.1) is 0 Å². The molecule has 1 fully saturated rings. The molecule has 1 aromatic carbocycles. The highest BCUT2D eigenvalue weighted by Gasteiger charge is 2.25. The Labute approximate surface area is 98.0 Å². The predicted molar refractivity (Wildman–Crippen MR) is 62.8 cm³/mol. The molecular weight excluding hydrogens is 224 g/mol. The molecule has 3 rings (SSSR count). The first-order valence-corrected chi connectivity index (χ1v) is 5.76. The van der Waals surface area contributed by atoms with E-state index in [-0.39, 0.29) is 0 Å². The molecule has 0 saturated heterocycles. The van der Waals surface area contributed by atoms with Crippen molar-refractivity contribution in [3.8, 4) is 0 Å². The number of rotatable bonds is 3. The second kappa shape index (κ2) is 3.59. The molecule has 1 heterocycles. The van der Waals surface area contributed by atoms with Crippen LogP contribution in [0.4, 0.5) is 0 Å². The molecule has 1 aliphatic rings. The summed E-state index contributed by atoms with van der Waals surface area (Å²) in [7, 11) is 0. The summed E-state index contributed by atoms with van der Waals surface area (Å²) in [5.41, 5.74) is 2.85. The Bertz CT molecular complexity index is 557. The maximum Gasteiger partial charge on any atom is 0.124 e. The van der Waals surface area contributed by atoms with Gasteiger partial charge in [0, 0.05) is 17.5 Å². The fourth-order valence-electron chi connectivity index (χ4n) is 1.98. The van der Waals surface area contributed by atoms with E-state index in [1.807, 2.05) is 18.5 Å². The number of aromatic nitrogens is 2. The number of carbonyl (C=O) groups is 1. The predicted octanol–water partition coefficient (Wildman–Crippen LogP) is 2.77. The van der Waals surface area contributed by atoms with Crippen LogP contribution < -0.4 is 0 Å². The summed E-state index contributed by atoms with van der Waals surface area (Å²) in [4.78, 5) is 14.9. The minimum atomic E-state index is 0.352. The average Bonchev–Trinajstić information content (AvgIpc) is 3.03. The highest BCUT2D eigenvalue weighted by atomic mass is 35.5. The Hall–Kier alpha value is -1.35. The Morgan fingerprint density at radius 1 is 1.50 bits per heavy atom. The summed E-state index contributed by atoms with van der Waals surface area (Å²) in [5, 5.41) is 0.655. The van der Waals surface area contributed by atoms with Gasteiger partial charge in [0.1, 0.15) is 6.29 Å². The van der Waals surface area contributed by atoms with Crippen LogP contribution in [0.1, 0.15) is 24.4 Å². The van der Waals surface area contributed by atoms with Gasteiger partial charge in [0.05, 0.1) is 17.4 Å².